The number of methoxy groups -OCH3 is 1. The highest BCUT2D eigenvalue weighted by Gasteiger charge is 2.34. The molecule has 4 rings (SSSR count). The van der Waals surface area contributed by atoms with E-state index in [-0.39, 0.29) is 4.90 Å². The van der Waals surface area contributed by atoms with Gasteiger partial charge in [0.25, 0.3) is 0 Å². The third-order valence-corrected chi connectivity index (χ3v) is 9.15. The minimum absolute atomic E-state index is 0.174. The zero-order valence-electron chi connectivity index (χ0n) is 17.5. The molecule has 0 saturated carbocycles. The third-order valence-electron chi connectivity index (χ3n) is 5.73. The quantitative estimate of drug-likeness (QED) is 0.471. The molecule has 2 aromatic carbocycles. The second-order valence-electron chi connectivity index (χ2n) is 7.59. The Morgan fingerprint density at radius 1 is 1.16 bits per heavy atom. The number of hydrogen-bond donors (Lipinski definition) is 0. The van der Waals surface area contributed by atoms with Gasteiger partial charge >= 0.3 is 0 Å². The molecule has 0 radical (unpaired) electrons. The molecule has 0 bridgehead atoms. The summed E-state index contributed by atoms with van der Waals surface area (Å²) >= 11 is 7.66. The number of sulfone groups is 1. The summed E-state index contributed by atoms with van der Waals surface area (Å²) in [5.74, 6) is 0.338. The van der Waals surface area contributed by atoms with Gasteiger partial charge in [0.15, 0.2) is 15.0 Å². The van der Waals surface area contributed by atoms with Crippen LogP contribution in [0.25, 0.3) is 11.3 Å². The molecular weight excluding hydrogens is 452 g/mol. The summed E-state index contributed by atoms with van der Waals surface area (Å²) in [6.07, 6.45) is 2.09. The lowest BCUT2D eigenvalue weighted by Gasteiger charge is -2.31. The number of aryl methyl sites for hydroxylation is 1. The molecule has 1 aromatic heterocycles. The van der Waals surface area contributed by atoms with Crippen LogP contribution in [0, 0.1) is 0 Å². The average molecular weight is 477 g/mol. The molecule has 0 aliphatic carbocycles. The Bertz CT molecular complexity index is 1150. The highest BCUT2D eigenvalue weighted by molar-refractivity contribution is 7.92. The van der Waals surface area contributed by atoms with Crippen molar-refractivity contribution in [1.29, 1.82) is 0 Å². The molecule has 1 saturated heterocycles. The number of benzene rings is 2. The van der Waals surface area contributed by atoms with Gasteiger partial charge in [0.05, 0.1) is 18.1 Å². The van der Waals surface area contributed by atoms with E-state index >= 15 is 0 Å². The molecule has 0 unspecified atom stereocenters. The Balaban J connectivity index is 1.46. The van der Waals surface area contributed by atoms with Crippen LogP contribution in [0.4, 0.5) is 5.13 Å². The first kappa shape index (κ1) is 22.1. The summed E-state index contributed by atoms with van der Waals surface area (Å²) in [5, 5.41) is 2.93. The summed E-state index contributed by atoms with van der Waals surface area (Å²) in [6, 6.07) is 13.2. The van der Waals surface area contributed by atoms with Gasteiger partial charge in [-0.15, -0.1) is 11.3 Å². The first-order chi connectivity index (χ1) is 14.9. The Labute approximate surface area is 192 Å². The fourth-order valence-corrected chi connectivity index (χ4v) is 6.90. The predicted molar refractivity (Wildman–Crippen MR) is 127 cm³/mol. The minimum Gasteiger partial charge on any atom is -0.495 e. The fraction of sp³-hybridized carbons (Fsp3) is 0.348. The maximum absolute atomic E-state index is 13.2. The predicted octanol–water partition coefficient (Wildman–Crippen LogP) is 5.48. The van der Waals surface area contributed by atoms with Crippen molar-refractivity contribution in [3.63, 3.8) is 0 Å². The molecule has 2 heterocycles. The van der Waals surface area contributed by atoms with Gasteiger partial charge in [-0.05, 0) is 43.0 Å². The molecule has 8 heteroatoms. The van der Waals surface area contributed by atoms with Crippen LogP contribution in [-0.4, -0.2) is 38.9 Å². The van der Waals surface area contributed by atoms with Crippen molar-refractivity contribution in [2.75, 3.05) is 25.1 Å². The maximum atomic E-state index is 13.2. The first-order valence-corrected chi connectivity index (χ1v) is 13.1. The van der Waals surface area contributed by atoms with E-state index < -0.39 is 15.1 Å². The van der Waals surface area contributed by atoms with Gasteiger partial charge in [-0.2, -0.15) is 0 Å². The lowest BCUT2D eigenvalue weighted by molar-refractivity contribution is 0.402. The van der Waals surface area contributed by atoms with E-state index in [0.717, 1.165) is 22.8 Å². The monoisotopic (exact) mass is 476 g/mol. The van der Waals surface area contributed by atoms with Gasteiger partial charge in [0, 0.05) is 29.1 Å². The van der Waals surface area contributed by atoms with Crippen molar-refractivity contribution >= 4 is 37.9 Å². The topological polar surface area (TPSA) is 59.5 Å². The van der Waals surface area contributed by atoms with E-state index in [0.29, 0.717) is 36.7 Å². The smallest absolute Gasteiger partial charge is 0.185 e. The second kappa shape index (κ2) is 9.18. The van der Waals surface area contributed by atoms with E-state index in [4.69, 9.17) is 21.3 Å². The van der Waals surface area contributed by atoms with Gasteiger partial charge in [0.2, 0.25) is 0 Å². The Morgan fingerprint density at radius 3 is 2.52 bits per heavy atom. The van der Waals surface area contributed by atoms with Crippen molar-refractivity contribution in [3.05, 3.63) is 58.4 Å². The summed E-state index contributed by atoms with van der Waals surface area (Å²) in [4.78, 5) is 7.15. The van der Waals surface area contributed by atoms with Crippen molar-refractivity contribution in [2.24, 2.45) is 0 Å². The van der Waals surface area contributed by atoms with E-state index in [9.17, 15) is 8.42 Å². The number of halogens is 1. The number of aromatic nitrogens is 1. The van der Waals surface area contributed by atoms with E-state index in [1.54, 1.807) is 23.5 Å². The molecular formula is C23H25ClN2O3S2. The lowest BCUT2D eigenvalue weighted by atomic mass is 10.1. The van der Waals surface area contributed by atoms with Gasteiger partial charge in [-0.3, -0.25) is 0 Å². The summed E-state index contributed by atoms with van der Waals surface area (Å²) in [7, 11) is -2.06. The van der Waals surface area contributed by atoms with Gasteiger partial charge in [0.1, 0.15) is 10.6 Å². The molecule has 0 atom stereocenters. The fourth-order valence-electron chi connectivity index (χ4n) is 3.86. The molecule has 0 amide bonds. The molecule has 0 spiro atoms. The summed E-state index contributed by atoms with van der Waals surface area (Å²) < 4.78 is 31.7. The van der Waals surface area contributed by atoms with Crippen LogP contribution in [0.15, 0.2) is 52.7 Å². The number of piperidine rings is 1. The molecule has 1 aliphatic heterocycles. The van der Waals surface area contributed by atoms with Crippen LogP contribution in [0.2, 0.25) is 5.02 Å². The normalized spacial score (nSPS) is 15.3. The van der Waals surface area contributed by atoms with Gasteiger partial charge in [-0.1, -0.05) is 42.8 Å². The SMILES string of the molecule is CCc1ccc(-c2csc(N3CCC(S(=O)(=O)c4cc(Cl)ccc4OC)CC3)n2)cc1. The number of hydrogen-bond acceptors (Lipinski definition) is 6. The number of thiazole rings is 1. The van der Waals surface area contributed by atoms with Crippen molar-refractivity contribution < 1.29 is 13.2 Å². The number of rotatable bonds is 6. The largest absolute Gasteiger partial charge is 0.495 e. The van der Waals surface area contributed by atoms with E-state index in [1.807, 2.05) is 0 Å². The standard InChI is InChI=1S/C23H25ClN2O3S2/c1-3-16-4-6-17(7-5-16)20-15-30-23(25-20)26-12-10-19(11-13-26)31(27,28)22-14-18(24)8-9-21(22)29-2/h4-9,14-15,19H,3,10-13H2,1-2H3. The number of nitrogens with zero attached hydrogens (tertiary/aromatic N) is 2. The summed E-state index contributed by atoms with van der Waals surface area (Å²) in [6.45, 7) is 3.44. The van der Waals surface area contributed by atoms with Crippen molar-refractivity contribution in [3.8, 4) is 17.0 Å². The van der Waals surface area contributed by atoms with E-state index in [1.165, 1.54) is 18.7 Å². The van der Waals surface area contributed by atoms with Crippen molar-refractivity contribution in [1.82, 2.24) is 4.98 Å². The Hall–Kier alpha value is -2.09. The molecule has 164 valence electrons. The van der Waals surface area contributed by atoms with Gasteiger partial charge < -0.3 is 9.64 Å². The number of ether oxygens (including phenoxy) is 1. The van der Waals surface area contributed by atoms with Gasteiger partial charge in [-0.25, -0.2) is 13.4 Å². The maximum Gasteiger partial charge on any atom is 0.185 e. The molecule has 5 nitrogen and oxygen atoms in total. The minimum atomic E-state index is -3.53. The highest BCUT2D eigenvalue weighted by atomic mass is 35.5. The Morgan fingerprint density at radius 2 is 1.87 bits per heavy atom. The zero-order chi connectivity index (χ0) is 22.0. The highest BCUT2D eigenvalue weighted by Crippen LogP contribution is 2.35. The van der Waals surface area contributed by atoms with Crippen molar-refractivity contribution in [2.45, 2.75) is 36.3 Å². The van der Waals surface area contributed by atoms with Crippen LogP contribution < -0.4 is 9.64 Å². The molecule has 31 heavy (non-hydrogen) atoms. The Kier molecular flexibility index (Phi) is 6.55. The lowest BCUT2D eigenvalue weighted by Crippen LogP contribution is -2.39. The zero-order valence-corrected chi connectivity index (χ0v) is 19.9. The molecule has 0 N–H and O–H groups in total. The second-order valence-corrected chi connectivity index (χ2v) is 11.1. The van der Waals surface area contributed by atoms with Crippen LogP contribution >= 0.6 is 22.9 Å². The van der Waals surface area contributed by atoms with Crippen LogP contribution in [0.5, 0.6) is 5.75 Å². The first-order valence-electron chi connectivity index (χ1n) is 10.3. The third kappa shape index (κ3) is 4.59. The average Bonchev–Trinajstić information content (AvgIpc) is 3.29. The summed E-state index contributed by atoms with van der Waals surface area (Å²) in [5.41, 5.74) is 3.37. The van der Waals surface area contributed by atoms with Crippen LogP contribution in [0.3, 0.4) is 0 Å². The molecule has 3 aromatic rings. The van der Waals surface area contributed by atoms with Crippen LogP contribution in [-0.2, 0) is 16.3 Å². The molecule has 1 fully saturated rings. The number of anilines is 1. The van der Waals surface area contributed by atoms with Crippen LogP contribution in [0.1, 0.15) is 25.3 Å². The van der Waals surface area contributed by atoms with E-state index in [2.05, 4.69) is 41.5 Å². The molecule has 1 aliphatic rings.